The van der Waals surface area contributed by atoms with E-state index >= 15 is 0 Å². The van der Waals surface area contributed by atoms with Crippen LogP contribution in [0.3, 0.4) is 0 Å². The topological polar surface area (TPSA) is 6.48 Å². The third kappa shape index (κ3) is 2.80. The predicted octanol–water partition coefficient (Wildman–Crippen LogP) is 5.22. The molecule has 2 nitrogen and oxygen atoms in total. The fraction of sp³-hybridized carbons (Fsp3) is 0.333. The summed E-state index contributed by atoms with van der Waals surface area (Å²) in [5, 5.41) is 0.786. The molecule has 0 spiro atoms. The van der Waals surface area contributed by atoms with Crippen molar-refractivity contribution in [3.05, 3.63) is 64.7 Å². The van der Waals surface area contributed by atoms with Crippen LogP contribution in [0.5, 0.6) is 0 Å². The minimum atomic E-state index is 0.0674. The highest BCUT2D eigenvalue weighted by atomic mass is 35.5. The van der Waals surface area contributed by atoms with E-state index in [-0.39, 0.29) is 5.41 Å². The highest BCUT2D eigenvalue weighted by Crippen LogP contribution is 2.44. The molecule has 0 aliphatic carbocycles. The molecule has 1 aliphatic heterocycles. The molecular formula is C21H25ClN2. The van der Waals surface area contributed by atoms with Crippen molar-refractivity contribution in [2.75, 3.05) is 30.9 Å². The van der Waals surface area contributed by atoms with Crippen molar-refractivity contribution in [3.63, 3.8) is 0 Å². The largest absolute Gasteiger partial charge is 0.378 e. The van der Waals surface area contributed by atoms with Gasteiger partial charge in [0, 0.05) is 43.0 Å². The molecule has 2 aromatic carbocycles. The summed E-state index contributed by atoms with van der Waals surface area (Å²) in [5.41, 5.74) is 4.95. The minimum Gasteiger partial charge on any atom is -0.378 e. The Balaban J connectivity index is 1.90. The van der Waals surface area contributed by atoms with E-state index in [1.165, 1.54) is 11.3 Å². The molecular weight excluding hydrogens is 316 g/mol. The summed E-state index contributed by atoms with van der Waals surface area (Å²) >= 11 is 6.46. The van der Waals surface area contributed by atoms with Gasteiger partial charge < -0.3 is 9.80 Å². The molecule has 1 unspecified atom stereocenters. The number of para-hydroxylation sites is 1. The van der Waals surface area contributed by atoms with Gasteiger partial charge in [0.15, 0.2) is 0 Å². The van der Waals surface area contributed by atoms with Crippen LogP contribution >= 0.6 is 11.6 Å². The van der Waals surface area contributed by atoms with Gasteiger partial charge in [-0.3, -0.25) is 0 Å². The van der Waals surface area contributed by atoms with Gasteiger partial charge in [0.1, 0.15) is 0 Å². The van der Waals surface area contributed by atoms with Gasteiger partial charge in [-0.15, -0.1) is 0 Å². The quantitative estimate of drug-likeness (QED) is 0.756. The highest BCUT2D eigenvalue weighted by molar-refractivity contribution is 6.32. The molecule has 0 bridgehead atoms. The normalized spacial score (nSPS) is 18.9. The number of nitrogens with zero attached hydrogens (tertiary/aromatic N) is 2. The van der Waals surface area contributed by atoms with Gasteiger partial charge in [-0.2, -0.15) is 0 Å². The van der Waals surface area contributed by atoms with Crippen LogP contribution in [0, 0.1) is 0 Å². The molecule has 2 aromatic rings. The molecule has 0 fully saturated rings. The lowest BCUT2D eigenvalue weighted by Gasteiger charge is -2.29. The first kappa shape index (κ1) is 16.9. The Hall–Kier alpha value is -1.93. The van der Waals surface area contributed by atoms with Crippen LogP contribution in [0.2, 0.25) is 5.02 Å². The monoisotopic (exact) mass is 340 g/mol. The number of fused-ring (bicyclic) bond motifs is 1. The van der Waals surface area contributed by atoms with Crippen LogP contribution in [0.4, 0.5) is 11.4 Å². The lowest BCUT2D eigenvalue weighted by Crippen LogP contribution is -2.37. The second-order valence-corrected chi connectivity index (χ2v) is 7.66. The molecule has 1 heterocycles. The molecule has 3 heteroatoms. The van der Waals surface area contributed by atoms with E-state index in [0.717, 1.165) is 16.3 Å². The molecule has 0 saturated heterocycles. The van der Waals surface area contributed by atoms with E-state index in [1.54, 1.807) is 0 Å². The zero-order chi connectivity index (χ0) is 17.5. The summed E-state index contributed by atoms with van der Waals surface area (Å²) in [5.74, 6) is 0. The number of hydrogen-bond acceptors (Lipinski definition) is 2. The van der Waals surface area contributed by atoms with E-state index in [9.17, 15) is 0 Å². The summed E-state index contributed by atoms with van der Waals surface area (Å²) < 4.78 is 0. The molecule has 0 amide bonds. The first-order chi connectivity index (χ1) is 11.3. The van der Waals surface area contributed by atoms with Crippen LogP contribution in [-0.4, -0.2) is 27.2 Å². The first-order valence-electron chi connectivity index (χ1n) is 8.30. The second-order valence-electron chi connectivity index (χ2n) is 7.25. The SMILES string of the molecule is CN(C)c1ccc(C=CC2N(C)c3ccccc3C2(C)C)c(Cl)c1. The number of halogens is 1. The van der Waals surface area contributed by atoms with Crippen LogP contribution in [-0.2, 0) is 5.41 Å². The van der Waals surface area contributed by atoms with Gasteiger partial charge in [0.05, 0.1) is 6.04 Å². The summed E-state index contributed by atoms with van der Waals surface area (Å²) in [6, 6.07) is 15.2. The van der Waals surface area contributed by atoms with E-state index in [0.29, 0.717) is 6.04 Å². The Kier molecular flexibility index (Phi) is 4.35. The van der Waals surface area contributed by atoms with Gasteiger partial charge in [0.25, 0.3) is 0 Å². The van der Waals surface area contributed by atoms with E-state index in [4.69, 9.17) is 11.6 Å². The van der Waals surface area contributed by atoms with Crippen molar-refractivity contribution in [2.24, 2.45) is 0 Å². The molecule has 24 heavy (non-hydrogen) atoms. The smallest absolute Gasteiger partial charge is 0.0565 e. The van der Waals surface area contributed by atoms with Crippen LogP contribution < -0.4 is 9.80 Å². The molecule has 0 radical (unpaired) electrons. The van der Waals surface area contributed by atoms with Crippen LogP contribution in [0.1, 0.15) is 25.0 Å². The maximum absolute atomic E-state index is 6.46. The van der Waals surface area contributed by atoms with Gasteiger partial charge in [0.2, 0.25) is 0 Å². The zero-order valence-electron chi connectivity index (χ0n) is 15.0. The minimum absolute atomic E-state index is 0.0674. The van der Waals surface area contributed by atoms with Crippen molar-refractivity contribution in [1.82, 2.24) is 0 Å². The van der Waals surface area contributed by atoms with Crippen molar-refractivity contribution in [1.29, 1.82) is 0 Å². The van der Waals surface area contributed by atoms with Crippen molar-refractivity contribution in [3.8, 4) is 0 Å². The average Bonchev–Trinajstić information content (AvgIpc) is 2.74. The second kappa shape index (κ2) is 6.18. The van der Waals surface area contributed by atoms with Crippen molar-refractivity contribution in [2.45, 2.75) is 25.3 Å². The third-order valence-electron chi connectivity index (χ3n) is 5.09. The number of anilines is 2. The van der Waals surface area contributed by atoms with Gasteiger partial charge in [-0.1, -0.05) is 61.9 Å². The van der Waals surface area contributed by atoms with Crippen molar-refractivity contribution >= 4 is 29.1 Å². The zero-order valence-corrected chi connectivity index (χ0v) is 15.8. The maximum Gasteiger partial charge on any atom is 0.0565 e. The Labute approximate surface area is 150 Å². The molecule has 3 rings (SSSR count). The molecule has 0 aromatic heterocycles. The van der Waals surface area contributed by atoms with Gasteiger partial charge >= 0.3 is 0 Å². The predicted molar refractivity (Wildman–Crippen MR) is 106 cm³/mol. The number of rotatable bonds is 3. The lowest BCUT2D eigenvalue weighted by molar-refractivity contribution is 0.489. The molecule has 126 valence electrons. The van der Waals surface area contributed by atoms with Crippen molar-refractivity contribution < 1.29 is 0 Å². The Morgan fingerprint density at radius 2 is 1.83 bits per heavy atom. The fourth-order valence-electron chi connectivity index (χ4n) is 3.61. The average molecular weight is 341 g/mol. The van der Waals surface area contributed by atoms with Gasteiger partial charge in [-0.05, 0) is 29.3 Å². The number of likely N-dealkylation sites (N-methyl/N-ethyl adjacent to an activating group) is 1. The van der Waals surface area contributed by atoms with Crippen LogP contribution in [0.15, 0.2) is 48.5 Å². The Morgan fingerprint density at radius 3 is 2.46 bits per heavy atom. The summed E-state index contributed by atoms with van der Waals surface area (Å²) in [4.78, 5) is 4.41. The Morgan fingerprint density at radius 1 is 1.12 bits per heavy atom. The summed E-state index contributed by atoms with van der Waals surface area (Å²) in [7, 11) is 6.21. The summed E-state index contributed by atoms with van der Waals surface area (Å²) in [6.45, 7) is 4.61. The van der Waals surface area contributed by atoms with Crippen LogP contribution in [0.25, 0.3) is 6.08 Å². The number of benzene rings is 2. The summed E-state index contributed by atoms with van der Waals surface area (Å²) in [6.07, 6.45) is 4.42. The molecule has 0 N–H and O–H groups in total. The fourth-order valence-corrected chi connectivity index (χ4v) is 3.85. The van der Waals surface area contributed by atoms with Gasteiger partial charge in [-0.25, -0.2) is 0 Å². The maximum atomic E-state index is 6.46. The number of hydrogen-bond donors (Lipinski definition) is 0. The van der Waals surface area contributed by atoms with E-state index < -0.39 is 0 Å². The molecule has 0 saturated carbocycles. The third-order valence-corrected chi connectivity index (χ3v) is 5.42. The highest BCUT2D eigenvalue weighted by Gasteiger charge is 2.41. The Bertz CT molecular complexity index is 777. The molecule has 1 aliphatic rings. The first-order valence-corrected chi connectivity index (χ1v) is 8.67. The van der Waals surface area contributed by atoms with E-state index in [2.05, 4.69) is 79.2 Å². The lowest BCUT2D eigenvalue weighted by atomic mass is 9.80. The van der Waals surface area contributed by atoms with E-state index in [1.807, 2.05) is 20.2 Å². The molecule has 1 atom stereocenters. The standard InChI is InChI=1S/C21H25ClN2/c1-21(2)17-8-6-7-9-19(17)24(5)20(21)13-11-15-10-12-16(23(3)4)14-18(15)22/h6-14,20H,1-5H3.